The normalized spacial score (nSPS) is 17.9. The average molecular weight is 210 g/mol. The lowest BCUT2D eigenvalue weighted by molar-refractivity contribution is -0.193. The summed E-state index contributed by atoms with van der Waals surface area (Å²) in [5, 5.41) is 2.72. The van der Waals surface area contributed by atoms with Crippen LogP contribution in [0.1, 0.15) is 34.6 Å². The molecule has 0 aliphatic carbocycles. The lowest BCUT2D eigenvalue weighted by atomic mass is 10.2. The monoisotopic (exact) mass is 210 g/mol. The maximum atomic E-state index is 11.5. The molecule has 1 unspecified atom stereocenters. The second kappa shape index (κ2) is 4.16. The van der Waals surface area contributed by atoms with Gasteiger partial charge in [-0.15, -0.1) is 0 Å². The molecule has 0 bridgehead atoms. The molecule has 12 heavy (non-hydrogen) atoms. The molecule has 1 atom stereocenters. The fraction of sp³-hybridized carbons (Fsp3) is 1.00. The van der Waals surface area contributed by atoms with Gasteiger partial charge in [0.2, 0.25) is 0 Å². The first-order valence-electron chi connectivity index (χ1n) is 3.92. The van der Waals surface area contributed by atoms with Crippen molar-refractivity contribution in [1.82, 2.24) is 5.09 Å². The van der Waals surface area contributed by atoms with E-state index in [2.05, 4.69) is 5.09 Å². The van der Waals surface area contributed by atoms with Crippen LogP contribution in [-0.2, 0) is 16.3 Å². The fourth-order valence-corrected chi connectivity index (χ4v) is 3.41. The molecular weight excluding hydrogens is 193 g/mol. The Morgan fingerprint density at radius 2 is 1.83 bits per heavy atom. The Kier molecular flexibility index (Phi) is 4.34. The third kappa shape index (κ3) is 7.19. The smallest absolute Gasteiger partial charge is 0.0652 e. The zero-order valence-corrected chi connectivity index (χ0v) is 9.96. The molecule has 3 nitrogen and oxygen atoms in total. The van der Waals surface area contributed by atoms with E-state index in [9.17, 15) is 4.89 Å². The van der Waals surface area contributed by atoms with Gasteiger partial charge in [0, 0.05) is 6.04 Å². The van der Waals surface area contributed by atoms with Crippen LogP contribution >= 0.6 is 6.64 Å². The fourth-order valence-electron chi connectivity index (χ4n) is 0.703. The minimum Gasteiger partial charge on any atom is -0.789 e. The molecule has 0 rings (SSSR count). The van der Waals surface area contributed by atoms with Gasteiger partial charge in [-0.25, -0.2) is 0 Å². The number of nitrogens with one attached hydrogen (secondary N) is 1. The van der Waals surface area contributed by atoms with Crippen LogP contribution in [0.5, 0.6) is 0 Å². The van der Waals surface area contributed by atoms with Crippen molar-refractivity contribution in [2.75, 3.05) is 0 Å². The van der Waals surface area contributed by atoms with Gasteiger partial charge in [-0.3, -0.25) is 5.09 Å². The van der Waals surface area contributed by atoms with E-state index in [-0.39, 0.29) is 6.04 Å². The van der Waals surface area contributed by atoms with Crippen LogP contribution in [-0.4, -0.2) is 11.6 Å². The van der Waals surface area contributed by atoms with E-state index in [4.69, 9.17) is 16.3 Å². The molecule has 0 heterocycles. The van der Waals surface area contributed by atoms with E-state index < -0.39 is 12.2 Å². The van der Waals surface area contributed by atoms with Crippen LogP contribution < -0.4 is 9.98 Å². The largest absolute Gasteiger partial charge is 0.789 e. The van der Waals surface area contributed by atoms with Crippen molar-refractivity contribution < 1.29 is 9.42 Å². The van der Waals surface area contributed by atoms with Crippen LogP contribution in [0.4, 0.5) is 0 Å². The summed E-state index contributed by atoms with van der Waals surface area (Å²) in [6.07, 6.45) is 0. The van der Waals surface area contributed by atoms with E-state index in [0.717, 1.165) is 0 Å². The van der Waals surface area contributed by atoms with Crippen molar-refractivity contribution in [2.24, 2.45) is 0 Å². The highest BCUT2D eigenvalue weighted by atomic mass is 32.5. The first kappa shape index (κ1) is 12.5. The summed E-state index contributed by atoms with van der Waals surface area (Å²) in [5.41, 5.74) is -0.459. The van der Waals surface area contributed by atoms with Crippen molar-refractivity contribution in [1.29, 1.82) is 0 Å². The third-order valence-corrected chi connectivity index (χ3v) is 2.97. The van der Waals surface area contributed by atoms with Gasteiger partial charge in [0.05, 0.1) is 12.2 Å². The summed E-state index contributed by atoms with van der Waals surface area (Å²) in [6.45, 7) is 6.21. The average Bonchev–Trinajstić information content (AvgIpc) is 1.48. The van der Waals surface area contributed by atoms with Gasteiger partial charge in [-0.1, -0.05) is 11.8 Å². The van der Waals surface area contributed by atoms with Crippen molar-refractivity contribution in [3.63, 3.8) is 0 Å². The first-order valence-corrected chi connectivity index (χ1v) is 6.56. The predicted molar refractivity (Wildman–Crippen MR) is 53.4 cm³/mol. The van der Waals surface area contributed by atoms with E-state index in [0.29, 0.717) is 0 Å². The van der Waals surface area contributed by atoms with Crippen LogP contribution in [0.15, 0.2) is 0 Å². The Hall–Kier alpha value is 0.530. The first-order chi connectivity index (χ1) is 5.12. The lowest BCUT2D eigenvalue weighted by Gasteiger charge is -2.36. The molecule has 0 fully saturated rings. The minimum atomic E-state index is -3.04. The molecule has 5 heteroatoms. The van der Waals surface area contributed by atoms with Crippen LogP contribution in [0.3, 0.4) is 0 Å². The highest BCUT2D eigenvalue weighted by molar-refractivity contribution is 8.07. The summed E-state index contributed by atoms with van der Waals surface area (Å²) in [7, 11) is 0. The zero-order chi connectivity index (χ0) is 9.99. The molecule has 0 saturated carbocycles. The molecule has 0 aromatic carbocycles. The molecule has 0 aliphatic heterocycles. The van der Waals surface area contributed by atoms with Gasteiger partial charge in [-0.2, -0.15) is 0 Å². The second-order valence-corrected chi connectivity index (χ2v) is 6.86. The van der Waals surface area contributed by atoms with Crippen molar-refractivity contribution >= 4 is 18.4 Å². The van der Waals surface area contributed by atoms with Crippen LogP contribution in [0.25, 0.3) is 0 Å². The van der Waals surface area contributed by atoms with Crippen molar-refractivity contribution in [3.05, 3.63) is 0 Å². The summed E-state index contributed by atoms with van der Waals surface area (Å²) >= 11 is 4.79. The Bertz CT molecular complexity index is 188. The Balaban J connectivity index is 4.15. The Morgan fingerprint density at radius 3 is 2.08 bits per heavy atom. The topological polar surface area (TPSA) is 44.3 Å². The highest BCUT2D eigenvalue weighted by Gasteiger charge is 2.16. The van der Waals surface area contributed by atoms with Crippen LogP contribution in [0.2, 0.25) is 0 Å². The Morgan fingerprint density at radius 1 is 1.42 bits per heavy atom. The number of hydrogen-bond acceptors (Lipinski definition) is 3. The molecule has 0 aromatic heterocycles. The summed E-state index contributed by atoms with van der Waals surface area (Å²) in [5.74, 6) is 0. The lowest BCUT2D eigenvalue weighted by Crippen LogP contribution is -2.32. The molecule has 74 valence electrons. The molecule has 0 radical (unpaired) electrons. The molecule has 1 N–H and O–H groups in total. The molecule has 0 spiro atoms. The Labute approximate surface area is 79.7 Å². The summed E-state index contributed by atoms with van der Waals surface area (Å²) in [6, 6.07) is 0.0793. The van der Waals surface area contributed by atoms with Crippen LogP contribution in [0, 0.1) is 0 Å². The molecule has 0 aliphatic rings. The van der Waals surface area contributed by atoms with Crippen molar-refractivity contribution in [2.45, 2.75) is 46.3 Å². The maximum Gasteiger partial charge on any atom is 0.0652 e. The van der Waals surface area contributed by atoms with E-state index >= 15 is 0 Å². The highest BCUT2D eigenvalue weighted by Crippen LogP contribution is 2.38. The zero-order valence-electron chi connectivity index (χ0n) is 8.25. The molecule has 0 aromatic rings. The van der Waals surface area contributed by atoms with Gasteiger partial charge in [-0.05, 0) is 34.6 Å². The maximum absolute atomic E-state index is 11.5. The number of hydrogen-bond donors (Lipinski definition) is 1. The molecule has 0 saturated heterocycles. The van der Waals surface area contributed by atoms with Gasteiger partial charge in [0.15, 0.2) is 0 Å². The second-order valence-electron chi connectivity index (χ2n) is 3.98. The standard InChI is InChI=1S/C7H18NO2PS/c1-6(2)8-11(9,12)10-7(3,4)5/h6H,1-5H3,(H2,8,9,12)/p-1. The van der Waals surface area contributed by atoms with E-state index in [1.165, 1.54) is 0 Å². The molecular formula is C7H17NO2PS-. The molecule has 0 amide bonds. The third-order valence-electron chi connectivity index (χ3n) is 0.810. The summed E-state index contributed by atoms with van der Waals surface area (Å²) in [4.78, 5) is 11.5. The minimum absolute atomic E-state index is 0.0793. The summed E-state index contributed by atoms with van der Waals surface area (Å²) < 4.78 is 5.20. The predicted octanol–water partition coefficient (Wildman–Crippen LogP) is 1.38. The van der Waals surface area contributed by atoms with E-state index in [1.54, 1.807) is 0 Å². The SMILES string of the molecule is CC(C)NP([O-])(=S)OC(C)(C)C. The van der Waals surface area contributed by atoms with E-state index in [1.807, 2.05) is 34.6 Å². The van der Waals surface area contributed by atoms with Crippen molar-refractivity contribution in [3.8, 4) is 0 Å². The van der Waals surface area contributed by atoms with Gasteiger partial charge < -0.3 is 9.42 Å². The van der Waals surface area contributed by atoms with Gasteiger partial charge >= 0.3 is 0 Å². The number of rotatable bonds is 3. The van der Waals surface area contributed by atoms with Gasteiger partial charge in [0.1, 0.15) is 0 Å². The quantitative estimate of drug-likeness (QED) is 0.715. The van der Waals surface area contributed by atoms with Gasteiger partial charge in [0.25, 0.3) is 0 Å².